The second kappa shape index (κ2) is 8.00. The largest absolute Gasteiger partial charge is 0.308 e. The second-order valence-corrected chi connectivity index (χ2v) is 7.86. The molecule has 3 heterocycles. The zero-order chi connectivity index (χ0) is 20.2. The van der Waals surface area contributed by atoms with Gasteiger partial charge in [-0.15, -0.1) is 22.7 Å². The Kier molecular flexibility index (Phi) is 5.10. The molecule has 1 aromatic carbocycles. The molecule has 0 saturated heterocycles. The molecular formula is C23H12N4S2. The summed E-state index contributed by atoms with van der Waals surface area (Å²) in [6.45, 7) is 0. The molecule has 4 rings (SSSR count). The van der Waals surface area contributed by atoms with Crippen LogP contribution in [-0.4, -0.2) is 4.57 Å². The smallest absolute Gasteiger partial charge is 0.148 e. The minimum Gasteiger partial charge on any atom is -0.308 e. The molecule has 0 atom stereocenters. The zero-order valence-electron chi connectivity index (χ0n) is 15.0. The van der Waals surface area contributed by atoms with Crippen molar-refractivity contribution in [1.82, 2.24) is 4.57 Å². The van der Waals surface area contributed by atoms with E-state index in [-0.39, 0.29) is 11.1 Å². The van der Waals surface area contributed by atoms with Crippen LogP contribution in [0.15, 0.2) is 77.0 Å². The fourth-order valence-corrected chi connectivity index (χ4v) is 4.84. The molecule has 0 fully saturated rings. The van der Waals surface area contributed by atoms with Crippen molar-refractivity contribution in [3.8, 4) is 45.0 Å². The Balaban J connectivity index is 2.00. The van der Waals surface area contributed by atoms with E-state index in [1.54, 1.807) is 17.4 Å². The molecule has 0 aliphatic heterocycles. The van der Waals surface area contributed by atoms with Crippen LogP contribution in [0.1, 0.15) is 5.56 Å². The first kappa shape index (κ1) is 18.5. The maximum Gasteiger partial charge on any atom is 0.148 e. The predicted octanol–water partition coefficient (Wildman–Crippen LogP) is 6.26. The Morgan fingerprint density at radius 2 is 1.48 bits per heavy atom. The van der Waals surface area contributed by atoms with Gasteiger partial charge in [0.25, 0.3) is 0 Å². The highest BCUT2D eigenvalue weighted by atomic mass is 32.1. The quantitative estimate of drug-likeness (QED) is 0.374. The van der Waals surface area contributed by atoms with E-state index in [4.69, 9.17) is 0 Å². The summed E-state index contributed by atoms with van der Waals surface area (Å²) in [5.74, 6) is 0. The van der Waals surface area contributed by atoms with Gasteiger partial charge in [-0.25, -0.2) is 0 Å². The molecule has 0 saturated carbocycles. The van der Waals surface area contributed by atoms with Gasteiger partial charge >= 0.3 is 0 Å². The summed E-state index contributed by atoms with van der Waals surface area (Å²) in [4.78, 5) is 1.97. The molecule has 0 unspecified atom stereocenters. The molecule has 3 aromatic heterocycles. The van der Waals surface area contributed by atoms with E-state index in [1.165, 1.54) is 11.3 Å². The van der Waals surface area contributed by atoms with Crippen molar-refractivity contribution in [2.75, 3.05) is 0 Å². The van der Waals surface area contributed by atoms with Gasteiger partial charge in [-0.2, -0.15) is 15.8 Å². The molecule has 136 valence electrons. The lowest BCUT2D eigenvalue weighted by Crippen LogP contribution is -1.99. The third-order valence-electron chi connectivity index (χ3n) is 4.42. The molecule has 0 aliphatic rings. The van der Waals surface area contributed by atoms with E-state index in [1.807, 2.05) is 71.4 Å². The van der Waals surface area contributed by atoms with Crippen molar-refractivity contribution < 1.29 is 0 Å². The van der Waals surface area contributed by atoms with Crippen LogP contribution >= 0.6 is 22.7 Å². The zero-order valence-corrected chi connectivity index (χ0v) is 16.7. The van der Waals surface area contributed by atoms with Gasteiger partial charge in [0.1, 0.15) is 23.8 Å². The molecular weight excluding hydrogens is 396 g/mol. The Morgan fingerprint density at radius 1 is 0.724 bits per heavy atom. The fraction of sp³-hybridized carbons (Fsp3) is 0. The number of thiophene rings is 2. The van der Waals surface area contributed by atoms with Gasteiger partial charge < -0.3 is 4.57 Å². The lowest BCUT2D eigenvalue weighted by molar-refractivity contribution is 1.10. The van der Waals surface area contributed by atoms with Crippen molar-refractivity contribution in [2.45, 2.75) is 0 Å². The number of nitriles is 3. The number of nitrogens with zero attached hydrogens (tertiary/aromatic N) is 4. The number of benzene rings is 1. The summed E-state index contributed by atoms with van der Waals surface area (Å²) < 4.78 is 2.15. The van der Waals surface area contributed by atoms with E-state index >= 15 is 0 Å². The van der Waals surface area contributed by atoms with Crippen LogP contribution < -0.4 is 0 Å². The molecule has 0 N–H and O–H groups in total. The van der Waals surface area contributed by atoms with Crippen LogP contribution in [0.4, 0.5) is 0 Å². The van der Waals surface area contributed by atoms with E-state index in [0.29, 0.717) is 5.56 Å². The summed E-state index contributed by atoms with van der Waals surface area (Å²) in [6.07, 6.45) is 0. The lowest BCUT2D eigenvalue weighted by atomic mass is 10.0. The molecule has 0 bridgehead atoms. The molecule has 0 spiro atoms. The summed E-state index contributed by atoms with van der Waals surface area (Å²) in [5, 5.41) is 32.1. The van der Waals surface area contributed by atoms with Crippen molar-refractivity contribution in [2.24, 2.45) is 0 Å². The van der Waals surface area contributed by atoms with E-state index < -0.39 is 0 Å². The van der Waals surface area contributed by atoms with Crippen molar-refractivity contribution in [3.63, 3.8) is 0 Å². The van der Waals surface area contributed by atoms with Crippen LogP contribution in [0.25, 0.3) is 32.4 Å². The van der Waals surface area contributed by atoms with Crippen molar-refractivity contribution in [3.05, 3.63) is 82.6 Å². The SMILES string of the molecule is N#CC(C#N)=C(C#N)c1ccsc1-c1ccc(-c2cccs2)n1-c1ccccc1. The monoisotopic (exact) mass is 408 g/mol. The number of hydrogen-bond donors (Lipinski definition) is 0. The van der Waals surface area contributed by atoms with Gasteiger partial charge in [-0.1, -0.05) is 24.3 Å². The molecule has 29 heavy (non-hydrogen) atoms. The first-order chi connectivity index (χ1) is 14.3. The highest BCUT2D eigenvalue weighted by Crippen LogP contribution is 2.40. The Morgan fingerprint density at radius 3 is 2.14 bits per heavy atom. The Labute approximate surface area is 176 Å². The topological polar surface area (TPSA) is 76.3 Å². The normalized spacial score (nSPS) is 9.97. The van der Waals surface area contributed by atoms with E-state index in [0.717, 1.165) is 26.8 Å². The average molecular weight is 409 g/mol. The highest BCUT2D eigenvalue weighted by Gasteiger charge is 2.21. The van der Waals surface area contributed by atoms with Crippen molar-refractivity contribution >= 4 is 28.2 Å². The number of aromatic nitrogens is 1. The molecule has 0 radical (unpaired) electrons. The number of para-hydroxylation sites is 1. The van der Waals surface area contributed by atoms with Crippen LogP contribution in [0, 0.1) is 34.0 Å². The standard InChI is InChI=1S/C23H12N4S2/c24-13-16(14-25)19(15-26)18-10-12-29-23(18)21-9-8-20(22-7-4-11-28-22)27(21)17-5-2-1-3-6-17/h1-12H. The summed E-state index contributed by atoms with van der Waals surface area (Å²) in [7, 11) is 0. The third kappa shape index (κ3) is 3.26. The van der Waals surface area contributed by atoms with E-state index in [9.17, 15) is 15.8 Å². The second-order valence-electron chi connectivity index (χ2n) is 6.00. The minimum atomic E-state index is -0.177. The van der Waals surface area contributed by atoms with Gasteiger partial charge in [0, 0.05) is 11.3 Å². The summed E-state index contributed by atoms with van der Waals surface area (Å²) in [5.41, 5.74) is 3.48. The molecule has 0 amide bonds. The number of allylic oxidation sites excluding steroid dienone is 2. The van der Waals surface area contributed by atoms with Crippen LogP contribution in [0.3, 0.4) is 0 Å². The Hall–Kier alpha value is -3.89. The maximum absolute atomic E-state index is 9.63. The minimum absolute atomic E-state index is 0.102. The van der Waals surface area contributed by atoms with E-state index in [2.05, 4.69) is 16.7 Å². The first-order valence-electron chi connectivity index (χ1n) is 8.62. The average Bonchev–Trinajstić information content (AvgIpc) is 3.52. The van der Waals surface area contributed by atoms with Crippen LogP contribution in [-0.2, 0) is 0 Å². The first-order valence-corrected chi connectivity index (χ1v) is 10.4. The molecule has 6 heteroatoms. The third-order valence-corrected chi connectivity index (χ3v) is 6.25. The van der Waals surface area contributed by atoms with Gasteiger partial charge in [-0.05, 0) is 47.2 Å². The summed E-state index contributed by atoms with van der Waals surface area (Å²) >= 11 is 3.14. The fourth-order valence-electron chi connectivity index (χ4n) is 3.18. The van der Waals surface area contributed by atoms with Gasteiger partial charge in [0.05, 0.1) is 26.7 Å². The molecule has 4 nitrogen and oxygen atoms in total. The van der Waals surface area contributed by atoms with Crippen molar-refractivity contribution in [1.29, 1.82) is 15.8 Å². The summed E-state index contributed by atoms with van der Waals surface area (Å²) in [6, 6.07) is 25.7. The molecule has 4 aromatic rings. The maximum atomic E-state index is 9.63. The number of rotatable bonds is 4. The Bertz CT molecular complexity index is 1300. The van der Waals surface area contributed by atoms with Gasteiger partial charge in [0.2, 0.25) is 0 Å². The highest BCUT2D eigenvalue weighted by molar-refractivity contribution is 7.14. The van der Waals surface area contributed by atoms with Gasteiger partial charge in [-0.3, -0.25) is 0 Å². The molecule has 0 aliphatic carbocycles. The van der Waals surface area contributed by atoms with Crippen LogP contribution in [0.5, 0.6) is 0 Å². The van der Waals surface area contributed by atoms with Crippen LogP contribution in [0.2, 0.25) is 0 Å². The number of hydrogen-bond acceptors (Lipinski definition) is 5. The predicted molar refractivity (Wildman–Crippen MR) is 116 cm³/mol. The van der Waals surface area contributed by atoms with Gasteiger partial charge in [0.15, 0.2) is 0 Å². The lowest BCUT2D eigenvalue weighted by Gasteiger charge is -2.13.